The lowest BCUT2D eigenvalue weighted by Gasteiger charge is -2.39. The number of alkyl halides is 3. The quantitative estimate of drug-likeness (QED) is 0.575. The summed E-state index contributed by atoms with van der Waals surface area (Å²) in [6.45, 7) is 5.16. The van der Waals surface area contributed by atoms with Crippen LogP contribution in [0.2, 0.25) is 0 Å². The van der Waals surface area contributed by atoms with Crippen molar-refractivity contribution in [2.75, 3.05) is 24.3 Å². The van der Waals surface area contributed by atoms with E-state index < -0.39 is 17.2 Å². The van der Waals surface area contributed by atoms with E-state index in [1.54, 1.807) is 16.2 Å². The topological polar surface area (TPSA) is 111 Å². The zero-order valence-corrected chi connectivity index (χ0v) is 18.0. The average molecular weight is 461 g/mol. The zero-order chi connectivity index (χ0) is 23.5. The Morgan fingerprint density at radius 2 is 2.00 bits per heavy atom. The molecule has 1 amide bonds. The van der Waals surface area contributed by atoms with Gasteiger partial charge in [0.05, 0.1) is 43.0 Å². The highest BCUT2D eigenvalue weighted by Crippen LogP contribution is 2.36. The van der Waals surface area contributed by atoms with E-state index in [4.69, 9.17) is 10.5 Å². The van der Waals surface area contributed by atoms with Gasteiger partial charge in [-0.15, -0.1) is 10.2 Å². The van der Waals surface area contributed by atoms with Crippen molar-refractivity contribution in [2.45, 2.75) is 39.7 Å². The third kappa shape index (κ3) is 3.63. The number of nitrogen functional groups attached to an aromatic ring is 1. The number of amides is 1. The van der Waals surface area contributed by atoms with E-state index in [1.807, 2.05) is 6.92 Å². The van der Waals surface area contributed by atoms with Gasteiger partial charge in [-0.2, -0.15) is 18.2 Å². The number of aromatic nitrogens is 4. The van der Waals surface area contributed by atoms with Crippen LogP contribution < -0.4 is 11.1 Å². The van der Waals surface area contributed by atoms with Crippen LogP contribution in [0.5, 0.6) is 0 Å². The second-order valence-corrected chi connectivity index (χ2v) is 8.80. The van der Waals surface area contributed by atoms with Crippen molar-refractivity contribution < 1.29 is 22.7 Å². The van der Waals surface area contributed by atoms with Crippen molar-refractivity contribution in [3.05, 3.63) is 46.4 Å². The lowest BCUT2D eigenvalue weighted by atomic mass is 9.87. The minimum atomic E-state index is -4.50. The van der Waals surface area contributed by atoms with E-state index in [0.717, 1.165) is 23.4 Å². The summed E-state index contributed by atoms with van der Waals surface area (Å²) in [5, 5.41) is 11.3. The Kier molecular flexibility index (Phi) is 4.74. The molecule has 33 heavy (non-hydrogen) atoms. The number of aryl methyl sites for hydroxylation is 1. The molecule has 1 saturated heterocycles. The van der Waals surface area contributed by atoms with Crippen molar-refractivity contribution in [2.24, 2.45) is 5.41 Å². The molecule has 1 aromatic carbocycles. The Bertz CT molecular complexity index is 1270. The Morgan fingerprint density at radius 3 is 2.67 bits per heavy atom. The van der Waals surface area contributed by atoms with E-state index in [9.17, 15) is 18.0 Å². The van der Waals surface area contributed by atoms with Gasteiger partial charge in [0, 0.05) is 17.8 Å². The average Bonchev–Trinajstić information content (AvgIpc) is 3.32. The third-order valence-corrected chi connectivity index (χ3v) is 6.06. The van der Waals surface area contributed by atoms with E-state index in [1.165, 1.54) is 6.07 Å². The van der Waals surface area contributed by atoms with Crippen molar-refractivity contribution in [3.63, 3.8) is 0 Å². The number of fused-ring (bicyclic) bond motifs is 3. The highest BCUT2D eigenvalue weighted by molar-refractivity contribution is 5.84. The van der Waals surface area contributed by atoms with Gasteiger partial charge in [0.15, 0.2) is 0 Å². The molecule has 2 aliphatic rings. The molecule has 1 fully saturated rings. The SMILES string of the molecule is Cc1nnc2nc(NCc3cc(N)cc(C(F)(F)F)c3)c3c(n12)CN(C(=O)C1(C)COC1)C3. The van der Waals surface area contributed by atoms with Gasteiger partial charge >= 0.3 is 6.18 Å². The number of hydrogen-bond acceptors (Lipinski definition) is 7. The molecule has 0 atom stereocenters. The molecule has 0 saturated carbocycles. The van der Waals surface area contributed by atoms with Gasteiger partial charge in [0.2, 0.25) is 5.91 Å². The fourth-order valence-corrected chi connectivity index (χ4v) is 4.31. The largest absolute Gasteiger partial charge is 0.416 e. The molecule has 9 nitrogen and oxygen atoms in total. The maximum absolute atomic E-state index is 13.2. The van der Waals surface area contributed by atoms with Gasteiger partial charge < -0.3 is 20.7 Å². The molecule has 174 valence electrons. The second kappa shape index (κ2) is 7.30. The monoisotopic (exact) mass is 461 g/mol. The van der Waals surface area contributed by atoms with Crippen LogP contribution in [0.4, 0.5) is 24.7 Å². The lowest BCUT2D eigenvalue weighted by molar-refractivity contribution is -0.169. The number of rotatable bonds is 4. The van der Waals surface area contributed by atoms with Crippen LogP contribution in [0.25, 0.3) is 5.78 Å². The fourth-order valence-electron chi connectivity index (χ4n) is 4.31. The van der Waals surface area contributed by atoms with Crippen molar-refractivity contribution in [3.8, 4) is 0 Å². The smallest absolute Gasteiger partial charge is 0.399 e. The molecule has 3 N–H and O–H groups in total. The molecule has 5 rings (SSSR count). The highest BCUT2D eigenvalue weighted by Gasteiger charge is 2.45. The molecule has 2 aliphatic heterocycles. The number of halogens is 3. The number of nitrogens with two attached hydrogens (primary N) is 1. The molecular formula is C21H22F3N7O2. The summed E-state index contributed by atoms with van der Waals surface area (Å²) in [6, 6.07) is 3.44. The van der Waals surface area contributed by atoms with Gasteiger partial charge in [-0.3, -0.25) is 9.20 Å². The first-order chi connectivity index (χ1) is 15.5. The number of nitrogens with zero attached hydrogens (tertiary/aromatic N) is 5. The molecule has 0 bridgehead atoms. The van der Waals surface area contributed by atoms with E-state index in [0.29, 0.717) is 49.3 Å². The Morgan fingerprint density at radius 1 is 1.24 bits per heavy atom. The van der Waals surface area contributed by atoms with Crippen molar-refractivity contribution in [1.82, 2.24) is 24.5 Å². The summed E-state index contributed by atoms with van der Waals surface area (Å²) < 4.78 is 46.5. The molecule has 0 spiro atoms. The summed E-state index contributed by atoms with van der Waals surface area (Å²) >= 11 is 0. The van der Waals surface area contributed by atoms with Gasteiger partial charge in [0.25, 0.3) is 5.78 Å². The molecule has 0 aliphatic carbocycles. The Labute approximate surface area is 186 Å². The molecule has 4 heterocycles. The van der Waals surface area contributed by atoms with E-state index in [2.05, 4.69) is 20.5 Å². The first-order valence-electron chi connectivity index (χ1n) is 10.4. The predicted octanol–water partition coefficient (Wildman–Crippen LogP) is 2.52. The number of carbonyl (C=O) groups is 1. The number of ether oxygens (including phenoxy) is 1. The van der Waals surface area contributed by atoms with Crippen LogP contribution in [0, 0.1) is 12.3 Å². The summed E-state index contributed by atoms with van der Waals surface area (Å²) in [6.07, 6.45) is -4.50. The van der Waals surface area contributed by atoms with Gasteiger partial charge in [0.1, 0.15) is 11.6 Å². The number of hydrogen-bond donors (Lipinski definition) is 2. The molecule has 3 aromatic rings. The number of benzene rings is 1. The van der Waals surface area contributed by atoms with Crippen LogP contribution in [0.15, 0.2) is 18.2 Å². The number of nitrogens with one attached hydrogen (secondary N) is 1. The normalized spacial score (nSPS) is 17.2. The molecule has 12 heteroatoms. The summed E-state index contributed by atoms with van der Waals surface area (Å²) in [7, 11) is 0. The summed E-state index contributed by atoms with van der Waals surface area (Å²) in [5.74, 6) is 1.43. The van der Waals surface area contributed by atoms with Crippen LogP contribution in [-0.2, 0) is 35.3 Å². The first kappa shape index (κ1) is 21.4. The number of carbonyl (C=O) groups excluding carboxylic acids is 1. The van der Waals surface area contributed by atoms with Crippen molar-refractivity contribution in [1.29, 1.82) is 0 Å². The third-order valence-electron chi connectivity index (χ3n) is 6.06. The standard InChI is InChI=1S/C21H22F3N7O2/c1-11-28-29-19-27-17(26-6-12-3-13(21(22,23)24)5-14(25)4-12)15-7-30(8-16(15)31(11)19)18(32)20(2)9-33-10-20/h3-5H,6-10,25H2,1-2H3,(H,26,27,29). The number of anilines is 2. The minimum absolute atomic E-state index is 0.0135. The zero-order valence-electron chi connectivity index (χ0n) is 18.0. The van der Waals surface area contributed by atoms with Crippen LogP contribution in [-0.4, -0.2) is 43.6 Å². The van der Waals surface area contributed by atoms with E-state index in [-0.39, 0.29) is 18.1 Å². The molecule has 0 unspecified atom stereocenters. The van der Waals surface area contributed by atoms with Gasteiger partial charge in [-0.1, -0.05) is 0 Å². The maximum atomic E-state index is 13.2. The maximum Gasteiger partial charge on any atom is 0.416 e. The van der Waals surface area contributed by atoms with Crippen LogP contribution in [0.3, 0.4) is 0 Å². The van der Waals surface area contributed by atoms with Crippen molar-refractivity contribution >= 4 is 23.2 Å². The molecule has 2 aromatic heterocycles. The molecular weight excluding hydrogens is 439 g/mol. The summed E-state index contributed by atoms with van der Waals surface area (Å²) in [4.78, 5) is 19.3. The lowest BCUT2D eigenvalue weighted by Crippen LogP contribution is -2.52. The highest BCUT2D eigenvalue weighted by atomic mass is 19.4. The first-order valence-corrected chi connectivity index (χ1v) is 10.4. The Hall–Kier alpha value is -3.41. The van der Waals surface area contributed by atoms with Gasteiger partial charge in [-0.25, -0.2) is 0 Å². The minimum Gasteiger partial charge on any atom is -0.399 e. The fraction of sp³-hybridized carbons (Fsp3) is 0.429. The summed E-state index contributed by atoms with van der Waals surface area (Å²) in [5.41, 5.74) is 6.31. The molecule has 0 radical (unpaired) electrons. The van der Waals surface area contributed by atoms with E-state index >= 15 is 0 Å². The predicted molar refractivity (Wildman–Crippen MR) is 112 cm³/mol. The Balaban J connectivity index is 1.47. The van der Waals surface area contributed by atoms with Crippen LogP contribution in [0.1, 0.15) is 35.1 Å². The van der Waals surface area contributed by atoms with Crippen LogP contribution >= 0.6 is 0 Å². The van der Waals surface area contributed by atoms with Gasteiger partial charge in [-0.05, 0) is 37.6 Å². The second-order valence-electron chi connectivity index (χ2n) is 8.80.